The summed E-state index contributed by atoms with van der Waals surface area (Å²) in [5.74, 6) is 0. The van der Waals surface area contributed by atoms with Crippen molar-refractivity contribution in [2.45, 2.75) is 0 Å². The lowest BCUT2D eigenvalue weighted by Crippen LogP contribution is -2.25. The first-order chi connectivity index (χ1) is 6.29. The zero-order valence-corrected chi connectivity index (χ0v) is 6.84. The van der Waals surface area contributed by atoms with E-state index in [-0.39, 0.29) is 0 Å². The molecule has 0 bridgehead atoms. The van der Waals surface area contributed by atoms with Crippen LogP contribution < -0.4 is 0 Å². The van der Waals surface area contributed by atoms with Crippen LogP contribution in [0.15, 0.2) is 41.2 Å². The molecule has 0 aromatic rings. The lowest BCUT2D eigenvalue weighted by atomic mass is 10.2. The summed E-state index contributed by atoms with van der Waals surface area (Å²) < 4.78 is 0. The van der Waals surface area contributed by atoms with E-state index in [2.05, 4.69) is 4.99 Å². The van der Waals surface area contributed by atoms with Crippen molar-refractivity contribution in [1.29, 1.82) is 0 Å². The van der Waals surface area contributed by atoms with Gasteiger partial charge in [0.2, 0.25) is 0 Å². The number of allylic oxidation sites excluding steroid dienone is 3. The minimum atomic E-state index is -0.985. The van der Waals surface area contributed by atoms with Crippen molar-refractivity contribution >= 4 is 11.8 Å². The summed E-state index contributed by atoms with van der Waals surface area (Å²) in [7, 11) is 0. The SMILES string of the molecule is O=C(O)N1C=CC=CC2=NCC=C21. The molecule has 2 rings (SSSR count). The van der Waals surface area contributed by atoms with Gasteiger partial charge in [-0.15, -0.1) is 0 Å². The van der Waals surface area contributed by atoms with Gasteiger partial charge in [0, 0.05) is 6.20 Å². The fraction of sp³-hybridized carbons (Fsp3) is 0.111. The van der Waals surface area contributed by atoms with E-state index in [1.807, 2.05) is 0 Å². The van der Waals surface area contributed by atoms with Crippen LogP contribution in [0.3, 0.4) is 0 Å². The maximum atomic E-state index is 10.8. The number of fused-ring (bicyclic) bond motifs is 1. The predicted molar refractivity (Wildman–Crippen MR) is 48.5 cm³/mol. The molecule has 0 saturated heterocycles. The van der Waals surface area contributed by atoms with Gasteiger partial charge >= 0.3 is 6.09 Å². The van der Waals surface area contributed by atoms with E-state index in [1.54, 1.807) is 24.3 Å². The van der Waals surface area contributed by atoms with Crippen molar-refractivity contribution in [2.24, 2.45) is 4.99 Å². The zero-order valence-electron chi connectivity index (χ0n) is 6.84. The Morgan fingerprint density at radius 1 is 1.54 bits per heavy atom. The second-order valence-corrected chi connectivity index (χ2v) is 2.67. The molecule has 0 radical (unpaired) electrons. The Labute approximate surface area is 75.2 Å². The summed E-state index contributed by atoms with van der Waals surface area (Å²) in [6.45, 7) is 0.562. The molecular formula is C9H8N2O2. The highest BCUT2D eigenvalue weighted by atomic mass is 16.4. The van der Waals surface area contributed by atoms with Gasteiger partial charge < -0.3 is 5.11 Å². The number of rotatable bonds is 0. The summed E-state index contributed by atoms with van der Waals surface area (Å²) in [6, 6.07) is 0. The highest BCUT2D eigenvalue weighted by molar-refractivity contribution is 6.11. The lowest BCUT2D eigenvalue weighted by Gasteiger charge is -2.14. The first kappa shape index (κ1) is 7.79. The van der Waals surface area contributed by atoms with Crippen LogP contribution in [0.4, 0.5) is 4.79 Å². The molecule has 0 aromatic heterocycles. The van der Waals surface area contributed by atoms with Gasteiger partial charge in [0.25, 0.3) is 0 Å². The van der Waals surface area contributed by atoms with Crippen LogP contribution in [0.2, 0.25) is 0 Å². The second-order valence-electron chi connectivity index (χ2n) is 2.67. The molecule has 0 spiro atoms. The van der Waals surface area contributed by atoms with Crippen LogP contribution in [0.5, 0.6) is 0 Å². The fourth-order valence-corrected chi connectivity index (χ4v) is 1.31. The number of amides is 1. The van der Waals surface area contributed by atoms with Gasteiger partial charge in [0.05, 0.1) is 18.0 Å². The van der Waals surface area contributed by atoms with Crippen molar-refractivity contribution < 1.29 is 9.90 Å². The van der Waals surface area contributed by atoms with E-state index >= 15 is 0 Å². The first-order valence-corrected chi connectivity index (χ1v) is 3.91. The van der Waals surface area contributed by atoms with Crippen molar-refractivity contribution in [1.82, 2.24) is 4.90 Å². The smallest absolute Gasteiger partial charge is 0.416 e. The number of carboxylic acid groups (broad SMARTS) is 1. The first-order valence-electron chi connectivity index (χ1n) is 3.91. The molecule has 66 valence electrons. The van der Waals surface area contributed by atoms with Crippen LogP contribution >= 0.6 is 0 Å². The largest absolute Gasteiger partial charge is 0.464 e. The maximum absolute atomic E-state index is 10.8. The van der Waals surface area contributed by atoms with E-state index in [1.165, 1.54) is 11.1 Å². The molecule has 0 saturated carbocycles. The Bertz CT molecular complexity index is 364. The Hall–Kier alpha value is -1.84. The fourth-order valence-electron chi connectivity index (χ4n) is 1.31. The third-order valence-corrected chi connectivity index (χ3v) is 1.87. The third kappa shape index (κ3) is 1.26. The molecule has 2 aliphatic rings. The zero-order chi connectivity index (χ0) is 9.26. The Morgan fingerprint density at radius 3 is 3.15 bits per heavy atom. The molecule has 2 heterocycles. The molecule has 4 heteroatoms. The van der Waals surface area contributed by atoms with E-state index in [9.17, 15) is 4.79 Å². The Balaban J connectivity index is 2.40. The molecule has 0 aromatic carbocycles. The van der Waals surface area contributed by atoms with E-state index < -0.39 is 6.09 Å². The minimum Gasteiger partial charge on any atom is -0.464 e. The highest BCUT2D eigenvalue weighted by Gasteiger charge is 2.21. The predicted octanol–water partition coefficient (Wildman–Crippen LogP) is 1.39. The minimum absolute atomic E-state index is 0.562. The average molecular weight is 176 g/mol. The normalized spacial score (nSPS) is 19.2. The number of hydrogen-bond acceptors (Lipinski definition) is 2. The summed E-state index contributed by atoms with van der Waals surface area (Å²) >= 11 is 0. The van der Waals surface area contributed by atoms with Gasteiger partial charge in [-0.3, -0.25) is 9.89 Å². The average Bonchev–Trinajstić information content (AvgIpc) is 2.44. The number of nitrogens with zero attached hydrogens (tertiary/aromatic N) is 2. The monoisotopic (exact) mass is 176 g/mol. The number of carbonyl (C=O) groups is 1. The van der Waals surface area contributed by atoms with Gasteiger partial charge in [-0.05, 0) is 18.2 Å². The summed E-state index contributed by atoms with van der Waals surface area (Å²) in [5, 5.41) is 8.86. The Kier molecular flexibility index (Phi) is 1.73. The van der Waals surface area contributed by atoms with Gasteiger partial charge in [-0.25, -0.2) is 4.79 Å². The molecule has 0 fully saturated rings. The molecule has 13 heavy (non-hydrogen) atoms. The second kappa shape index (κ2) is 2.90. The molecule has 4 nitrogen and oxygen atoms in total. The Morgan fingerprint density at radius 2 is 2.38 bits per heavy atom. The molecule has 0 unspecified atom stereocenters. The quantitative estimate of drug-likeness (QED) is 0.606. The third-order valence-electron chi connectivity index (χ3n) is 1.87. The van der Waals surface area contributed by atoms with Crippen LogP contribution in [0, 0.1) is 0 Å². The van der Waals surface area contributed by atoms with Crippen molar-refractivity contribution in [2.75, 3.05) is 6.54 Å². The standard InChI is InChI=1S/C9H8N2O2/c12-9(13)11-6-2-1-3-7-8(11)4-5-10-7/h1-4,6H,5H2,(H,12,13). The molecule has 1 amide bonds. The summed E-state index contributed by atoms with van der Waals surface area (Å²) in [5.41, 5.74) is 1.38. The van der Waals surface area contributed by atoms with Crippen molar-refractivity contribution in [3.63, 3.8) is 0 Å². The summed E-state index contributed by atoms with van der Waals surface area (Å²) in [4.78, 5) is 16.1. The van der Waals surface area contributed by atoms with Gasteiger partial charge in [0.15, 0.2) is 0 Å². The number of aliphatic imine (C=N–C) groups is 1. The molecule has 0 aliphatic carbocycles. The molecule has 1 N–H and O–H groups in total. The van der Waals surface area contributed by atoms with Crippen LogP contribution in [0.25, 0.3) is 0 Å². The van der Waals surface area contributed by atoms with E-state index in [0.717, 1.165) is 5.71 Å². The number of hydrogen-bond donors (Lipinski definition) is 1. The van der Waals surface area contributed by atoms with Crippen LogP contribution in [0.1, 0.15) is 0 Å². The highest BCUT2D eigenvalue weighted by Crippen LogP contribution is 2.16. The van der Waals surface area contributed by atoms with E-state index in [4.69, 9.17) is 5.11 Å². The molecular weight excluding hydrogens is 168 g/mol. The maximum Gasteiger partial charge on any atom is 0.416 e. The topological polar surface area (TPSA) is 52.9 Å². The van der Waals surface area contributed by atoms with Crippen molar-refractivity contribution in [3.05, 3.63) is 36.2 Å². The van der Waals surface area contributed by atoms with E-state index in [0.29, 0.717) is 12.2 Å². The summed E-state index contributed by atoms with van der Waals surface area (Å²) in [6.07, 6.45) is 7.58. The van der Waals surface area contributed by atoms with Crippen LogP contribution in [-0.4, -0.2) is 28.4 Å². The van der Waals surface area contributed by atoms with Crippen molar-refractivity contribution in [3.8, 4) is 0 Å². The molecule has 0 atom stereocenters. The molecule has 2 aliphatic heterocycles. The van der Waals surface area contributed by atoms with Gasteiger partial charge in [-0.2, -0.15) is 0 Å². The van der Waals surface area contributed by atoms with Crippen LogP contribution in [-0.2, 0) is 0 Å². The van der Waals surface area contributed by atoms with Gasteiger partial charge in [-0.1, -0.05) is 6.08 Å². The lowest BCUT2D eigenvalue weighted by molar-refractivity contribution is 0.174. The van der Waals surface area contributed by atoms with Gasteiger partial charge in [0.1, 0.15) is 0 Å².